The third-order valence-corrected chi connectivity index (χ3v) is 5.66. The van der Waals surface area contributed by atoms with E-state index in [9.17, 15) is 9.90 Å². The maximum atomic E-state index is 11.5. The summed E-state index contributed by atoms with van der Waals surface area (Å²) in [5.74, 6) is 0.653. The van der Waals surface area contributed by atoms with E-state index in [1.165, 1.54) is 36.8 Å². The van der Waals surface area contributed by atoms with Crippen molar-refractivity contribution in [3.8, 4) is 0 Å². The molecule has 4 heteroatoms. The van der Waals surface area contributed by atoms with E-state index < -0.39 is 12.1 Å². The average Bonchev–Trinajstić information content (AvgIpc) is 3.27. The summed E-state index contributed by atoms with van der Waals surface area (Å²) in [6, 6.07) is 2.05. The van der Waals surface area contributed by atoms with Crippen molar-refractivity contribution in [2.24, 2.45) is 11.8 Å². The van der Waals surface area contributed by atoms with Crippen LogP contribution in [0, 0.1) is 11.8 Å². The van der Waals surface area contributed by atoms with Gasteiger partial charge in [-0.3, -0.25) is 0 Å². The lowest BCUT2D eigenvalue weighted by Crippen LogP contribution is -2.14. The number of carbonyl (C=O) groups is 1. The van der Waals surface area contributed by atoms with Gasteiger partial charge in [0.15, 0.2) is 6.10 Å². The molecule has 2 heterocycles. The normalized spacial score (nSPS) is 19.8. The van der Waals surface area contributed by atoms with Gasteiger partial charge in [0, 0.05) is 0 Å². The maximum Gasteiger partial charge on any atom is 0.337 e. The van der Waals surface area contributed by atoms with Crippen LogP contribution in [-0.2, 0) is 16.0 Å². The third-order valence-electron chi connectivity index (χ3n) is 5.66. The number of esters is 1. The molecule has 1 aromatic heterocycles. The fraction of sp³-hybridized carbons (Fsp3) is 0.560. The lowest BCUT2D eigenvalue weighted by molar-refractivity contribution is -0.140. The number of furan rings is 1. The summed E-state index contributed by atoms with van der Waals surface area (Å²) in [6.45, 7) is 8.19. The summed E-state index contributed by atoms with van der Waals surface area (Å²) in [5.41, 5.74) is 3.01. The van der Waals surface area contributed by atoms with Gasteiger partial charge in [-0.15, -0.1) is 0 Å². The SMILES string of the molecule is CC(=CC=CC(C)CC1OC(=O)C(C)=C1O)CCCC(C)CCCc1ccoc1. The van der Waals surface area contributed by atoms with Crippen molar-refractivity contribution in [1.29, 1.82) is 0 Å². The molecule has 0 saturated heterocycles. The molecule has 0 amide bonds. The lowest BCUT2D eigenvalue weighted by Gasteiger charge is -2.13. The first kappa shape index (κ1) is 23.1. The molecular formula is C25H36O4. The topological polar surface area (TPSA) is 59.7 Å². The zero-order chi connectivity index (χ0) is 21.2. The van der Waals surface area contributed by atoms with Crippen LogP contribution in [0.5, 0.6) is 0 Å². The Bertz CT molecular complexity index is 724. The van der Waals surface area contributed by atoms with Crippen LogP contribution in [0.4, 0.5) is 0 Å². The molecule has 0 fully saturated rings. The molecule has 2 rings (SSSR count). The number of rotatable bonds is 12. The average molecular weight is 401 g/mol. The minimum Gasteiger partial charge on any atom is -0.508 e. The first-order chi connectivity index (χ1) is 13.9. The van der Waals surface area contributed by atoms with Crippen LogP contribution in [-0.4, -0.2) is 17.2 Å². The van der Waals surface area contributed by atoms with Gasteiger partial charge in [0.2, 0.25) is 0 Å². The highest BCUT2D eigenvalue weighted by Gasteiger charge is 2.31. The highest BCUT2D eigenvalue weighted by molar-refractivity contribution is 5.90. The molecule has 1 aromatic rings. The molecular weight excluding hydrogens is 364 g/mol. The van der Waals surface area contributed by atoms with E-state index in [1.54, 1.807) is 13.2 Å². The van der Waals surface area contributed by atoms with E-state index in [2.05, 4.69) is 39.0 Å². The number of allylic oxidation sites excluding steroid dienone is 4. The smallest absolute Gasteiger partial charge is 0.337 e. The molecule has 0 aromatic carbocycles. The number of ether oxygens (including phenoxy) is 1. The highest BCUT2D eigenvalue weighted by Crippen LogP contribution is 2.26. The Morgan fingerprint density at radius 2 is 2.03 bits per heavy atom. The molecule has 1 N–H and O–H groups in total. The Balaban J connectivity index is 1.60. The number of aliphatic hydroxyl groups excluding tert-OH is 1. The van der Waals surface area contributed by atoms with Crippen LogP contribution in [0.2, 0.25) is 0 Å². The standard InChI is InChI=1S/C25H36O4/c1-18(8-5-9-19(2)11-7-13-22-14-15-28-17-22)10-6-12-20(3)16-23-24(26)21(4)25(27)29-23/h6,10,12,14-15,17,19-20,23,26H,5,7-9,11,13,16H2,1-4H3. The number of aryl methyl sites for hydroxylation is 1. The van der Waals surface area contributed by atoms with Gasteiger partial charge in [-0.2, -0.15) is 0 Å². The third kappa shape index (κ3) is 7.96. The molecule has 0 spiro atoms. The van der Waals surface area contributed by atoms with Crippen LogP contribution >= 0.6 is 0 Å². The van der Waals surface area contributed by atoms with Crippen molar-refractivity contribution < 1.29 is 19.1 Å². The molecule has 0 saturated carbocycles. The largest absolute Gasteiger partial charge is 0.508 e. The lowest BCUT2D eigenvalue weighted by atomic mass is 9.95. The summed E-state index contributed by atoms with van der Waals surface area (Å²) < 4.78 is 10.3. The van der Waals surface area contributed by atoms with E-state index >= 15 is 0 Å². The number of aliphatic hydroxyl groups is 1. The Kier molecular flexibility index (Phi) is 9.30. The van der Waals surface area contributed by atoms with Crippen LogP contribution in [0.1, 0.15) is 71.8 Å². The highest BCUT2D eigenvalue weighted by atomic mass is 16.6. The first-order valence-corrected chi connectivity index (χ1v) is 10.8. The van der Waals surface area contributed by atoms with Crippen molar-refractivity contribution >= 4 is 5.97 Å². The van der Waals surface area contributed by atoms with Gasteiger partial charge < -0.3 is 14.3 Å². The van der Waals surface area contributed by atoms with E-state index in [0.717, 1.165) is 18.8 Å². The van der Waals surface area contributed by atoms with Gasteiger partial charge in [0.1, 0.15) is 5.76 Å². The molecule has 0 radical (unpaired) electrons. The van der Waals surface area contributed by atoms with E-state index in [-0.39, 0.29) is 11.7 Å². The second-order valence-electron chi connectivity index (χ2n) is 8.54. The molecule has 4 nitrogen and oxygen atoms in total. The van der Waals surface area contributed by atoms with Gasteiger partial charge in [0.25, 0.3) is 0 Å². The summed E-state index contributed by atoms with van der Waals surface area (Å²) in [5, 5.41) is 9.93. The molecule has 3 atom stereocenters. The number of cyclic esters (lactones) is 1. The molecule has 160 valence electrons. The van der Waals surface area contributed by atoms with Gasteiger partial charge in [-0.05, 0) is 69.4 Å². The summed E-state index contributed by atoms with van der Waals surface area (Å²) in [7, 11) is 0. The molecule has 1 aliphatic heterocycles. The first-order valence-electron chi connectivity index (χ1n) is 10.8. The van der Waals surface area contributed by atoms with Crippen molar-refractivity contribution in [3.05, 3.63) is 59.3 Å². The fourth-order valence-electron chi connectivity index (χ4n) is 3.65. The summed E-state index contributed by atoms with van der Waals surface area (Å²) in [6.07, 6.45) is 17.2. The fourth-order valence-corrected chi connectivity index (χ4v) is 3.65. The zero-order valence-corrected chi connectivity index (χ0v) is 18.3. The second kappa shape index (κ2) is 11.7. The van der Waals surface area contributed by atoms with Crippen molar-refractivity contribution in [1.82, 2.24) is 0 Å². The maximum absolute atomic E-state index is 11.5. The summed E-state index contributed by atoms with van der Waals surface area (Å²) >= 11 is 0. The molecule has 29 heavy (non-hydrogen) atoms. The van der Waals surface area contributed by atoms with Crippen LogP contribution in [0.15, 0.2) is 58.1 Å². The molecule has 0 aliphatic carbocycles. The molecule has 1 aliphatic rings. The molecule has 3 unspecified atom stereocenters. The van der Waals surface area contributed by atoms with Crippen molar-refractivity contribution in [3.63, 3.8) is 0 Å². The number of carbonyl (C=O) groups excluding carboxylic acids is 1. The van der Waals surface area contributed by atoms with E-state index in [0.29, 0.717) is 12.0 Å². The minimum absolute atomic E-state index is 0.0841. The zero-order valence-electron chi connectivity index (χ0n) is 18.3. The number of hydrogen-bond donors (Lipinski definition) is 1. The van der Waals surface area contributed by atoms with Gasteiger partial charge >= 0.3 is 5.97 Å². The second-order valence-corrected chi connectivity index (χ2v) is 8.54. The quantitative estimate of drug-likeness (QED) is 0.313. The monoisotopic (exact) mass is 400 g/mol. The van der Waals surface area contributed by atoms with Crippen LogP contribution < -0.4 is 0 Å². The Hall–Kier alpha value is -2.23. The Morgan fingerprint density at radius 1 is 1.28 bits per heavy atom. The minimum atomic E-state index is -0.498. The summed E-state index contributed by atoms with van der Waals surface area (Å²) in [4.78, 5) is 11.5. The number of hydrogen-bond acceptors (Lipinski definition) is 4. The van der Waals surface area contributed by atoms with Crippen LogP contribution in [0.3, 0.4) is 0 Å². The van der Waals surface area contributed by atoms with Gasteiger partial charge in [-0.1, -0.05) is 50.5 Å². The van der Waals surface area contributed by atoms with E-state index in [1.807, 2.05) is 12.3 Å². The Morgan fingerprint density at radius 3 is 2.69 bits per heavy atom. The van der Waals surface area contributed by atoms with Crippen LogP contribution in [0.25, 0.3) is 0 Å². The van der Waals surface area contributed by atoms with Crippen molar-refractivity contribution in [2.75, 3.05) is 0 Å². The predicted octanol–water partition coefficient (Wildman–Crippen LogP) is 6.69. The Labute approximate surface area is 175 Å². The van der Waals surface area contributed by atoms with Gasteiger partial charge in [0.05, 0.1) is 18.1 Å². The van der Waals surface area contributed by atoms with Crippen molar-refractivity contribution in [2.45, 2.75) is 78.7 Å². The predicted molar refractivity (Wildman–Crippen MR) is 117 cm³/mol. The molecule has 0 bridgehead atoms. The van der Waals surface area contributed by atoms with Gasteiger partial charge in [-0.25, -0.2) is 4.79 Å². The van der Waals surface area contributed by atoms with E-state index in [4.69, 9.17) is 9.15 Å².